The minimum absolute atomic E-state index is 0.170. The number of nitrogens with two attached hydrogens (primary N) is 1. The molecule has 0 spiro atoms. The molecule has 3 rings (SSSR count). The van der Waals surface area contributed by atoms with E-state index in [-0.39, 0.29) is 11.2 Å². The lowest BCUT2D eigenvalue weighted by atomic mass is 10.0. The molecular formula is C20H20N4O2. The number of nitrogens with zero attached hydrogens (tertiary/aromatic N) is 1. The number of benzene rings is 1. The number of aromatic amines is 1. The Hall–Kier alpha value is -3.25. The fourth-order valence-corrected chi connectivity index (χ4v) is 2.58. The van der Waals surface area contributed by atoms with Crippen molar-refractivity contribution in [3.05, 3.63) is 82.5 Å². The fourth-order valence-electron chi connectivity index (χ4n) is 2.58. The van der Waals surface area contributed by atoms with E-state index in [9.17, 15) is 9.59 Å². The Morgan fingerprint density at radius 2 is 1.85 bits per heavy atom. The second kappa shape index (κ2) is 7.76. The molecule has 1 aromatic carbocycles. The highest BCUT2D eigenvalue weighted by atomic mass is 16.2. The van der Waals surface area contributed by atoms with E-state index < -0.39 is 11.9 Å². The summed E-state index contributed by atoms with van der Waals surface area (Å²) in [7, 11) is 0. The molecule has 3 aromatic rings. The summed E-state index contributed by atoms with van der Waals surface area (Å²) in [6.45, 7) is 2.00. The SMILES string of the molecule is Cc1ccc(C[C@@H](N)C(=O)Nc2cc(-c3ccncc3)c[nH]c2=O)cc1. The van der Waals surface area contributed by atoms with Gasteiger partial charge < -0.3 is 16.0 Å². The van der Waals surface area contributed by atoms with Gasteiger partial charge in [-0.1, -0.05) is 29.8 Å². The molecule has 0 aliphatic heterocycles. The normalized spacial score (nSPS) is 11.8. The minimum Gasteiger partial charge on any atom is -0.327 e. The highest BCUT2D eigenvalue weighted by molar-refractivity contribution is 5.95. The molecule has 2 aromatic heterocycles. The maximum atomic E-state index is 12.4. The molecule has 132 valence electrons. The van der Waals surface area contributed by atoms with E-state index in [1.165, 1.54) is 0 Å². The Kier molecular flexibility index (Phi) is 5.24. The third-order valence-corrected chi connectivity index (χ3v) is 4.09. The summed E-state index contributed by atoms with van der Waals surface area (Å²) >= 11 is 0. The second-order valence-corrected chi connectivity index (χ2v) is 6.15. The summed E-state index contributed by atoms with van der Waals surface area (Å²) in [5, 5.41) is 2.63. The molecule has 1 atom stereocenters. The number of hydrogen-bond acceptors (Lipinski definition) is 4. The molecule has 0 fully saturated rings. The first-order valence-corrected chi connectivity index (χ1v) is 8.28. The van der Waals surface area contributed by atoms with Crippen LogP contribution in [0.15, 0.2) is 65.8 Å². The van der Waals surface area contributed by atoms with Crippen LogP contribution in [0.5, 0.6) is 0 Å². The number of carbonyl (C=O) groups is 1. The quantitative estimate of drug-likeness (QED) is 0.658. The van der Waals surface area contributed by atoms with Crippen molar-refractivity contribution in [2.75, 3.05) is 5.32 Å². The second-order valence-electron chi connectivity index (χ2n) is 6.15. The van der Waals surface area contributed by atoms with Crippen LogP contribution in [0.25, 0.3) is 11.1 Å². The summed E-state index contributed by atoms with van der Waals surface area (Å²) in [5.41, 5.74) is 9.57. The molecule has 0 unspecified atom stereocenters. The first kappa shape index (κ1) is 17.6. The molecule has 26 heavy (non-hydrogen) atoms. The maximum absolute atomic E-state index is 12.4. The van der Waals surface area contributed by atoms with Crippen molar-refractivity contribution in [2.24, 2.45) is 5.73 Å². The highest BCUT2D eigenvalue weighted by Gasteiger charge is 2.16. The largest absolute Gasteiger partial charge is 0.327 e. The van der Waals surface area contributed by atoms with Gasteiger partial charge in [-0.25, -0.2) is 0 Å². The van der Waals surface area contributed by atoms with E-state index in [0.29, 0.717) is 6.42 Å². The number of anilines is 1. The van der Waals surface area contributed by atoms with E-state index in [2.05, 4.69) is 15.3 Å². The van der Waals surface area contributed by atoms with Gasteiger partial charge >= 0.3 is 0 Å². The number of hydrogen-bond donors (Lipinski definition) is 3. The average molecular weight is 348 g/mol. The van der Waals surface area contributed by atoms with Gasteiger partial charge in [-0.15, -0.1) is 0 Å². The van der Waals surface area contributed by atoms with Crippen LogP contribution in [0, 0.1) is 6.92 Å². The Labute approximate surface area is 151 Å². The van der Waals surface area contributed by atoms with E-state index in [4.69, 9.17) is 5.73 Å². The molecular weight excluding hydrogens is 328 g/mol. The maximum Gasteiger partial charge on any atom is 0.271 e. The van der Waals surface area contributed by atoms with Gasteiger partial charge in [-0.2, -0.15) is 0 Å². The molecule has 2 heterocycles. The topological polar surface area (TPSA) is 101 Å². The van der Waals surface area contributed by atoms with Gasteiger partial charge in [-0.3, -0.25) is 14.6 Å². The van der Waals surface area contributed by atoms with Crippen LogP contribution in [0.2, 0.25) is 0 Å². The number of nitrogens with one attached hydrogen (secondary N) is 2. The van der Waals surface area contributed by atoms with Crippen LogP contribution >= 0.6 is 0 Å². The Morgan fingerprint density at radius 1 is 1.15 bits per heavy atom. The number of amides is 1. The Morgan fingerprint density at radius 3 is 2.54 bits per heavy atom. The van der Waals surface area contributed by atoms with E-state index in [0.717, 1.165) is 22.3 Å². The van der Waals surface area contributed by atoms with Crippen molar-refractivity contribution in [1.29, 1.82) is 0 Å². The lowest BCUT2D eigenvalue weighted by Crippen LogP contribution is -2.38. The van der Waals surface area contributed by atoms with Gasteiger partial charge in [0.1, 0.15) is 5.69 Å². The predicted octanol–water partition coefficient (Wildman–Crippen LogP) is 2.25. The molecule has 0 bridgehead atoms. The van der Waals surface area contributed by atoms with Crippen LogP contribution < -0.4 is 16.6 Å². The van der Waals surface area contributed by atoms with Crippen molar-refractivity contribution in [3.8, 4) is 11.1 Å². The lowest BCUT2D eigenvalue weighted by Gasteiger charge is -2.13. The van der Waals surface area contributed by atoms with Gasteiger partial charge in [0.2, 0.25) is 5.91 Å². The van der Waals surface area contributed by atoms with Crippen LogP contribution in [0.1, 0.15) is 11.1 Å². The van der Waals surface area contributed by atoms with Gasteiger partial charge in [0.05, 0.1) is 6.04 Å². The van der Waals surface area contributed by atoms with Crippen LogP contribution in [-0.2, 0) is 11.2 Å². The van der Waals surface area contributed by atoms with E-state index in [1.54, 1.807) is 24.7 Å². The van der Waals surface area contributed by atoms with Crippen molar-refractivity contribution in [3.63, 3.8) is 0 Å². The monoisotopic (exact) mass is 348 g/mol. The van der Waals surface area contributed by atoms with Crippen molar-refractivity contribution < 1.29 is 4.79 Å². The number of rotatable bonds is 5. The molecule has 6 nitrogen and oxygen atoms in total. The van der Waals surface area contributed by atoms with Gasteiger partial charge in [-0.05, 0) is 42.7 Å². The zero-order valence-electron chi connectivity index (χ0n) is 14.4. The third kappa shape index (κ3) is 4.23. The van der Waals surface area contributed by atoms with Gasteiger partial charge in [0.25, 0.3) is 5.56 Å². The molecule has 0 aliphatic carbocycles. The summed E-state index contributed by atoms with van der Waals surface area (Å²) in [4.78, 5) is 31.0. The Bertz CT molecular complexity index is 950. The molecule has 0 aliphatic rings. The summed E-state index contributed by atoms with van der Waals surface area (Å²) < 4.78 is 0. The molecule has 4 N–H and O–H groups in total. The summed E-state index contributed by atoms with van der Waals surface area (Å²) in [6.07, 6.45) is 5.32. The van der Waals surface area contributed by atoms with Crippen LogP contribution in [0.3, 0.4) is 0 Å². The Balaban J connectivity index is 1.74. The molecule has 0 saturated carbocycles. The smallest absolute Gasteiger partial charge is 0.271 e. The minimum atomic E-state index is -0.748. The van der Waals surface area contributed by atoms with Crippen LogP contribution in [0.4, 0.5) is 5.69 Å². The molecule has 1 amide bonds. The summed E-state index contributed by atoms with van der Waals surface area (Å²) in [6, 6.07) is 12.4. The standard InChI is InChI=1S/C20H20N4O2/c1-13-2-4-14(5-3-13)10-17(21)19(25)24-18-11-16(12-23-20(18)26)15-6-8-22-9-7-15/h2-9,11-12,17H,10,21H2,1H3,(H,23,26)(H,24,25)/t17-/m1/s1. The number of aromatic nitrogens is 2. The van der Waals surface area contributed by atoms with E-state index in [1.807, 2.05) is 43.3 Å². The fraction of sp³-hybridized carbons (Fsp3) is 0.150. The van der Waals surface area contributed by atoms with Crippen LogP contribution in [-0.4, -0.2) is 21.9 Å². The lowest BCUT2D eigenvalue weighted by molar-refractivity contribution is -0.117. The molecule has 0 radical (unpaired) electrons. The highest BCUT2D eigenvalue weighted by Crippen LogP contribution is 2.18. The zero-order valence-corrected chi connectivity index (χ0v) is 14.4. The zero-order chi connectivity index (χ0) is 18.5. The van der Waals surface area contributed by atoms with E-state index >= 15 is 0 Å². The van der Waals surface area contributed by atoms with Gasteiger partial charge in [0, 0.05) is 24.2 Å². The van der Waals surface area contributed by atoms with Crippen molar-refractivity contribution in [2.45, 2.75) is 19.4 Å². The predicted molar refractivity (Wildman–Crippen MR) is 102 cm³/mol. The summed E-state index contributed by atoms with van der Waals surface area (Å²) in [5.74, 6) is -0.400. The molecule has 0 saturated heterocycles. The number of aryl methyl sites for hydroxylation is 1. The first-order chi connectivity index (χ1) is 12.5. The number of pyridine rings is 2. The molecule has 6 heteroatoms. The van der Waals surface area contributed by atoms with Crippen molar-refractivity contribution in [1.82, 2.24) is 9.97 Å². The average Bonchev–Trinajstić information content (AvgIpc) is 2.66. The third-order valence-electron chi connectivity index (χ3n) is 4.09. The van der Waals surface area contributed by atoms with Gasteiger partial charge in [0.15, 0.2) is 0 Å². The number of H-pyrrole nitrogens is 1. The van der Waals surface area contributed by atoms with Crippen molar-refractivity contribution >= 4 is 11.6 Å². The first-order valence-electron chi connectivity index (χ1n) is 8.28. The number of carbonyl (C=O) groups excluding carboxylic acids is 1.